The van der Waals surface area contributed by atoms with Crippen LogP contribution >= 0.6 is 12.4 Å². The minimum absolute atomic E-state index is 0. The van der Waals surface area contributed by atoms with Crippen LogP contribution in [0.15, 0.2) is 23.1 Å². The van der Waals surface area contributed by atoms with Gasteiger partial charge in [-0.3, -0.25) is 0 Å². The van der Waals surface area contributed by atoms with E-state index in [1.54, 1.807) is 0 Å². The van der Waals surface area contributed by atoms with Gasteiger partial charge in [-0.2, -0.15) is 0 Å². The summed E-state index contributed by atoms with van der Waals surface area (Å²) in [6.07, 6.45) is 2.61. The molecule has 0 aliphatic heterocycles. The van der Waals surface area contributed by atoms with Crippen molar-refractivity contribution in [2.45, 2.75) is 29.7 Å². The lowest BCUT2D eigenvalue weighted by Gasteiger charge is -2.37. The SMILES string of the molecule is COc1ccc(S(=O)(=O)NCC2(N)CCC2)cc1F.Cl. The molecule has 1 aromatic carbocycles. The summed E-state index contributed by atoms with van der Waals surface area (Å²) in [5.41, 5.74) is 5.48. The van der Waals surface area contributed by atoms with Gasteiger partial charge in [0, 0.05) is 12.1 Å². The number of benzene rings is 1. The van der Waals surface area contributed by atoms with Gasteiger partial charge in [-0.1, -0.05) is 0 Å². The number of hydrogen-bond donors (Lipinski definition) is 2. The highest BCUT2D eigenvalue weighted by molar-refractivity contribution is 7.89. The molecule has 1 aromatic rings. The predicted octanol–water partition coefficient (Wildman–Crippen LogP) is 1.42. The minimum atomic E-state index is -3.74. The van der Waals surface area contributed by atoms with Gasteiger partial charge in [-0.25, -0.2) is 17.5 Å². The lowest BCUT2D eigenvalue weighted by atomic mass is 9.78. The summed E-state index contributed by atoms with van der Waals surface area (Å²) in [7, 11) is -2.42. The minimum Gasteiger partial charge on any atom is -0.494 e. The average molecular weight is 325 g/mol. The van der Waals surface area contributed by atoms with Crippen molar-refractivity contribution in [3.63, 3.8) is 0 Å². The maximum Gasteiger partial charge on any atom is 0.240 e. The van der Waals surface area contributed by atoms with Crippen LogP contribution < -0.4 is 15.2 Å². The first-order valence-electron chi connectivity index (χ1n) is 5.98. The molecule has 1 saturated carbocycles. The van der Waals surface area contributed by atoms with Crippen LogP contribution in [0.5, 0.6) is 5.75 Å². The predicted molar refractivity (Wildman–Crippen MR) is 76.2 cm³/mol. The number of nitrogens with two attached hydrogens (primary N) is 1. The largest absolute Gasteiger partial charge is 0.494 e. The molecule has 0 radical (unpaired) electrons. The Balaban J connectivity index is 0.00000200. The molecule has 1 fully saturated rings. The van der Waals surface area contributed by atoms with E-state index in [4.69, 9.17) is 10.5 Å². The Labute approximate surface area is 124 Å². The Bertz CT molecular complexity index is 576. The van der Waals surface area contributed by atoms with Gasteiger partial charge >= 0.3 is 0 Å². The van der Waals surface area contributed by atoms with Crippen LogP contribution in [0.1, 0.15) is 19.3 Å². The van der Waals surface area contributed by atoms with E-state index in [1.165, 1.54) is 19.2 Å². The maximum atomic E-state index is 13.5. The fraction of sp³-hybridized carbons (Fsp3) is 0.500. The summed E-state index contributed by atoms with van der Waals surface area (Å²) < 4.78 is 44.6. The molecule has 0 unspecified atom stereocenters. The second-order valence-corrected chi connectivity index (χ2v) is 6.60. The summed E-state index contributed by atoms with van der Waals surface area (Å²) in [4.78, 5) is -0.131. The summed E-state index contributed by atoms with van der Waals surface area (Å²) in [6.45, 7) is 0.170. The van der Waals surface area contributed by atoms with Gasteiger partial charge < -0.3 is 10.5 Å². The van der Waals surface area contributed by atoms with Crippen LogP contribution in [0.4, 0.5) is 4.39 Å². The summed E-state index contributed by atoms with van der Waals surface area (Å²) >= 11 is 0. The van der Waals surface area contributed by atoms with Gasteiger partial charge in [-0.05, 0) is 37.5 Å². The lowest BCUT2D eigenvalue weighted by Crippen LogP contribution is -2.54. The number of hydrogen-bond acceptors (Lipinski definition) is 4. The molecule has 3 N–H and O–H groups in total. The number of rotatable bonds is 5. The molecule has 5 nitrogen and oxygen atoms in total. The first kappa shape index (κ1) is 17.2. The van der Waals surface area contributed by atoms with Crippen LogP contribution in [0.2, 0.25) is 0 Å². The van der Waals surface area contributed by atoms with Crippen molar-refractivity contribution in [2.75, 3.05) is 13.7 Å². The van der Waals surface area contributed by atoms with Gasteiger partial charge in [0.25, 0.3) is 0 Å². The molecule has 0 spiro atoms. The molecule has 0 amide bonds. The highest BCUT2D eigenvalue weighted by Gasteiger charge is 2.33. The molecule has 0 saturated heterocycles. The smallest absolute Gasteiger partial charge is 0.240 e. The summed E-state index contributed by atoms with van der Waals surface area (Å²) in [6, 6.07) is 3.52. The van der Waals surface area contributed by atoms with Crippen LogP contribution in [0.25, 0.3) is 0 Å². The molecular formula is C12H18ClFN2O3S. The van der Waals surface area contributed by atoms with Crippen molar-refractivity contribution in [3.8, 4) is 5.75 Å². The zero-order chi connectivity index (χ0) is 14.1. The van der Waals surface area contributed by atoms with Gasteiger partial charge in [0.05, 0.1) is 12.0 Å². The quantitative estimate of drug-likeness (QED) is 0.858. The zero-order valence-electron chi connectivity index (χ0n) is 11.1. The van der Waals surface area contributed by atoms with Gasteiger partial charge in [0.1, 0.15) is 0 Å². The molecule has 0 bridgehead atoms. The molecular weight excluding hydrogens is 307 g/mol. The number of methoxy groups -OCH3 is 1. The van der Waals surface area contributed by atoms with Crippen LogP contribution in [-0.4, -0.2) is 27.6 Å². The second-order valence-electron chi connectivity index (χ2n) is 4.84. The third kappa shape index (κ3) is 3.60. The van der Waals surface area contributed by atoms with E-state index in [1.807, 2.05) is 0 Å². The van der Waals surface area contributed by atoms with Crippen molar-refractivity contribution in [3.05, 3.63) is 24.0 Å². The summed E-state index contributed by atoms with van der Waals surface area (Å²) in [5.74, 6) is -0.704. The Morgan fingerprint density at radius 1 is 1.45 bits per heavy atom. The number of halogens is 2. The number of sulfonamides is 1. The van der Waals surface area contributed by atoms with Gasteiger partial charge in [0.15, 0.2) is 11.6 Å². The van der Waals surface area contributed by atoms with Crippen molar-refractivity contribution < 1.29 is 17.5 Å². The van der Waals surface area contributed by atoms with Crippen molar-refractivity contribution >= 4 is 22.4 Å². The van der Waals surface area contributed by atoms with Crippen molar-refractivity contribution in [1.82, 2.24) is 4.72 Å². The average Bonchev–Trinajstić information content (AvgIpc) is 2.34. The van der Waals surface area contributed by atoms with E-state index >= 15 is 0 Å². The monoisotopic (exact) mass is 324 g/mol. The topological polar surface area (TPSA) is 81.4 Å². The highest BCUT2D eigenvalue weighted by atomic mass is 35.5. The molecule has 8 heteroatoms. The first-order valence-corrected chi connectivity index (χ1v) is 7.47. The Hall–Kier alpha value is -0.890. The van der Waals surface area contributed by atoms with E-state index < -0.39 is 21.4 Å². The van der Waals surface area contributed by atoms with Crippen LogP contribution in [0.3, 0.4) is 0 Å². The molecule has 20 heavy (non-hydrogen) atoms. The standard InChI is InChI=1S/C12H17FN2O3S.ClH/c1-18-11-4-3-9(7-10(11)13)19(16,17)15-8-12(14)5-2-6-12;/h3-4,7,15H,2,5-6,8,14H2,1H3;1H. The highest BCUT2D eigenvalue weighted by Crippen LogP contribution is 2.28. The number of ether oxygens (including phenoxy) is 1. The van der Waals surface area contributed by atoms with E-state index in [-0.39, 0.29) is 29.6 Å². The van der Waals surface area contributed by atoms with Crippen LogP contribution in [-0.2, 0) is 10.0 Å². The van der Waals surface area contributed by atoms with Gasteiger partial charge in [-0.15, -0.1) is 12.4 Å². The fourth-order valence-corrected chi connectivity index (χ4v) is 3.09. The maximum absolute atomic E-state index is 13.5. The van der Waals surface area contributed by atoms with E-state index in [0.29, 0.717) is 0 Å². The van der Waals surface area contributed by atoms with E-state index in [0.717, 1.165) is 25.3 Å². The Morgan fingerprint density at radius 2 is 2.10 bits per heavy atom. The molecule has 114 valence electrons. The Morgan fingerprint density at radius 3 is 2.55 bits per heavy atom. The third-order valence-electron chi connectivity index (χ3n) is 3.40. The second kappa shape index (κ2) is 6.26. The van der Waals surface area contributed by atoms with Crippen molar-refractivity contribution in [1.29, 1.82) is 0 Å². The van der Waals surface area contributed by atoms with E-state index in [2.05, 4.69) is 4.72 Å². The fourth-order valence-electron chi connectivity index (χ4n) is 1.94. The molecule has 0 aromatic heterocycles. The zero-order valence-corrected chi connectivity index (χ0v) is 12.7. The van der Waals surface area contributed by atoms with Crippen LogP contribution in [0, 0.1) is 5.82 Å². The molecule has 1 aliphatic rings. The normalized spacial score (nSPS) is 16.9. The molecule has 0 heterocycles. The molecule has 1 aliphatic carbocycles. The summed E-state index contributed by atoms with van der Waals surface area (Å²) in [5, 5.41) is 0. The molecule has 2 rings (SSSR count). The van der Waals surface area contributed by atoms with E-state index in [9.17, 15) is 12.8 Å². The lowest BCUT2D eigenvalue weighted by molar-refractivity contribution is 0.251. The number of nitrogens with one attached hydrogen (secondary N) is 1. The molecule has 0 atom stereocenters. The van der Waals surface area contributed by atoms with Gasteiger partial charge in [0.2, 0.25) is 10.0 Å². The first-order chi connectivity index (χ1) is 8.86. The van der Waals surface area contributed by atoms with Crippen molar-refractivity contribution in [2.24, 2.45) is 5.73 Å². The Kier molecular flexibility index (Phi) is 5.37. The third-order valence-corrected chi connectivity index (χ3v) is 4.80.